The number of fused-ring (bicyclic) bond motifs is 1. The smallest absolute Gasteiger partial charge is 0.137 e. The maximum atomic E-state index is 8.81. The molecule has 5 heteroatoms. The molecule has 0 spiro atoms. The Kier molecular flexibility index (Phi) is 3.75. The summed E-state index contributed by atoms with van der Waals surface area (Å²) in [4.78, 5) is 4.40. The number of ether oxygens (including phenoxy) is 1. The molecule has 0 amide bonds. The van der Waals surface area contributed by atoms with Gasteiger partial charge in [0.25, 0.3) is 0 Å². The maximum Gasteiger partial charge on any atom is 0.137 e. The summed E-state index contributed by atoms with van der Waals surface area (Å²) in [6, 6.07) is 11.9. The first-order chi connectivity index (χ1) is 10.3. The predicted molar refractivity (Wildman–Crippen MR) is 82.8 cm³/mol. The average Bonchev–Trinajstić information content (AvgIpc) is 2.96. The fourth-order valence-corrected chi connectivity index (χ4v) is 2.25. The first-order valence-corrected chi connectivity index (χ1v) is 6.78. The molecule has 0 aliphatic rings. The van der Waals surface area contributed by atoms with Gasteiger partial charge in [-0.15, -0.1) is 0 Å². The van der Waals surface area contributed by atoms with Crippen LogP contribution in [0, 0.1) is 0 Å². The van der Waals surface area contributed by atoms with Crippen LogP contribution in [0.15, 0.2) is 48.8 Å². The molecule has 0 fully saturated rings. The third-order valence-electron chi connectivity index (χ3n) is 3.34. The van der Waals surface area contributed by atoms with E-state index in [1.165, 1.54) is 0 Å². The lowest BCUT2D eigenvalue weighted by atomic mass is 10.1. The number of aliphatic hydroxyl groups excluding tert-OH is 1. The molecule has 0 radical (unpaired) electrons. The van der Waals surface area contributed by atoms with Crippen molar-refractivity contribution >= 4 is 11.3 Å². The number of nitrogens with zero attached hydrogens (tertiary/aromatic N) is 2. The van der Waals surface area contributed by atoms with Gasteiger partial charge in [-0.1, -0.05) is 12.1 Å². The van der Waals surface area contributed by atoms with Crippen LogP contribution >= 0.6 is 0 Å². The van der Waals surface area contributed by atoms with Gasteiger partial charge in [0.15, 0.2) is 0 Å². The molecule has 5 nitrogen and oxygen atoms in total. The number of imidazole rings is 1. The van der Waals surface area contributed by atoms with Crippen molar-refractivity contribution in [1.82, 2.24) is 9.38 Å². The molecule has 0 unspecified atom stereocenters. The Balaban J connectivity index is 1.96. The molecule has 0 aliphatic carbocycles. The van der Waals surface area contributed by atoms with Crippen LogP contribution in [0.2, 0.25) is 0 Å². The van der Waals surface area contributed by atoms with Gasteiger partial charge in [0.05, 0.1) is 31.8 Å². The highest BCUT2D eigenvalue weighted by Crippen LogP contribution is 2.24. The second kappa shape index (κ2) is 5.85. The Morgan fingerprint density at radius 3 is 2.71 bits per heavy atom. The summed E-state index contributed by atoms with van der Waals surface area (Å²) in [6.07, 6.45) is 3.78. The second-order valence-corrected chi connectivity index (χ2v) is 4.67. The number of nitrogens with one attached hydrogen (secondary N) is 1. The number of hydrogen-bond donors (Lipinski definition) is 2. The number of hydrogen-bond acceptors (Lipinski definition) is 4. The van der Waals surface area contributed by atoms with E-state index in [1.54, 1.807) is 7.11 Å². The van der Waals surface area contributed by atoms with Gasteiger partial charge in [-0.25, -0.2) is 4.98 Å². The van der Waals surface area contributed by atoms with Crippen LogP contribution < -0.4 is 10.1 Å². The second-order valence-electron chi connectivity index (χ2n) is 4.67. The largest absolute Gasteiger partial charge is 0.495 e. The van der Waals surface area contributed by atoms with E-state index >= 15 is 0 Å². The Labute approximate surface area is 122 Å². The molecular weight excluding hydrogens is 266 g/mol. The number of benzene rings is 1. The van der Waals surface area contributed by atoms with E-state index in [0.29, 0.717) is 6.54 Å². The first kappa shape index (κ1) is 13.5. The van der Waals surface area contributed by atoms with Crippen molar-refractivity contribution in [2.75, 3.05) is 25.6 Å². The van der Waals surface area contributed by atoms with E-state index in [4.69, 9.17) is 9.84 Å². The van der Waals surface area contributed by atoms with Crippen LogP contribution in [0.25, 0.3) is 16.9 Å². The third kappa shape index (κ3) is 2.68. The minimum Gasteiger partial charge on any atom is -0.495 e. The molecule has 21 heavy (non-hydrogen) atoms. The molecule has 2 aromatic heterocycles. The van der Waals surface area contributed by atoms with Crippen LogP contribution in [-0.4, -0.2) is 34.8 Å². The molecule has 2 heterocycles. The van der Waals surface area contributed by atoms with Crippen molar-refractivity contribution < 1.29 is 9.84 Å². The van der Waals surface area contributed by atoms with Gasteiger partial charge in [-0.2, -0.15) is 0 Å². The van der Waals surface area contributed by atoms with Crippen molar-refractivity contribution in [2.45, 2.75) is 0 Å². The van der Waals surface area contributed by atoms with E-state index in [1.807, 2.05) is 53.2 Å². The molecule has 0 bridgehead atoms. The summed E-state index contributed by atoms with van der Waals surface area (Å²) >= 11 is 0. The maximum absolute atomic E-state index is 8.81. The molecule has 0 saturated heterocycles. The normalized spacial score (nSPS) is 10.8. The van der Waals surface area contributed by atoms with Crippen LogP contribution in [0.3, 0.4) is 0 Å². The molecule has 3 aromatic rings. The summed E-state index contributed by atoms with van der Waals surface area (Å²) in [5, 5.41) is 11.9. The van der Waals surface area contributed by atoms with Crippen molar-refractivity contribution in [3.63, 3.8) is 0 Å². The average molecular weight is 283 g/mol. The molecule has 0 atom stereocenters. The lowest BCUT2D eigenvalue weighted by Crippen LogP contribution is -2.04. The van der Waals surface area contributed by atoms with E-state index in [-0.39, 0.29) is 6.61 Å². The van der Waals surface area contributed by atoms with Crippen LogP contribution in [0.1, 0.15) is 0 Å². The zero-order valence-electron chi connectivity index (χ0n) is 11.8. The van der Waals surface area contributed by atoms with Gasteiger partial charge in [0, 0.05) is 17.8 Å². The predicted octanol–water partition coefficient (Wildman–Crippen LogP) is 2.41. The molecule has 108 valence electrons. The van der Waals surface area contributed by atoms with Gasteiger partial charge in [0.2, 0.25) is 0 Å². The standard InChI is InChI=1S/C16H17N3O2/c1-21-14-6-7-16-18-10-15(19(16)11-14)12-2-4-13(5-3-12)17-8-9-20/h2-7,10-11,17,20H,8-9H2,1H3. The van der Waals surface area contributed by atoms with Gasteiger partial charge in [-0.3, -0.25) is 4.40 Å². The van der Waals surface area contributed by atoms with Crippen LogP contribution in [0.4, 0.5) is 5.69 Å². The first-order valence-electron chi connectivity index (χ1n) is 6.78. The van der Waals surface area contributed by atoms with Crippen molar-refractivity contribution in [3.8, 4) is 17.0 Å². The van der Waals surface area contributed by atoms with Crippen molar-refractivity contribution in [2.24, 2.45) is 0 Å². The van der Waals surface area contributed by atoms with E-state index in [0.717, 1.165) is 28.3 Å². The number of anilines is 1. The zero-order valence-corrected chi connectivity index (χ0v) is 11.8. The van der Waals surface area contributed by atoms with E-state index < -0.39 is 0 Å². The topological polar surface area (TPSA) is 58.8 Å². The Morgan fingerprint density at radius 2 is 2.00 bits per heavy atom. The fourth-order valence-electron chi connectivity index (χ4n) is 2.25. The van der Waals surface area contributed by atoms with Gasteiger partial charge >= 0.3 is 0 Å². The van der Waals surface area contributed by atoms with Gasteiger partial charge in [0.1, 0.15) is 11.4 Å². The summed E-state index contributed by atoms with van der Waals surface area (Å²) in [7, 11) is 1.65. The minimum atomic E-state index is 0.120. The highest BCUT2D eigenvalue weighted by Gasteiger charge is 2.06. The summed E-state index contributed by atoms with van der Waals surface area (Å²) in [5.74, 6) is 0.794. The Hall–Kier alpha value is -2.53. The number of aromatic nitrogens is 2. The monoisotopic (exact) mass is 283 g/mol. The minimum absolute atomic E-state index is 0.120. The van der Waals surface area contributed by atoms with Gasteiger partial charge < -0.3 is 15.2 Å². The number of pyridine rings is 1. The quantitative estimate of drug-likeness (QED) is 0.755. The van der Waals surface area contributed by atoms with E-state index in [2.05, 4.69) is 10.3 Å². The molecule has 0 aliphatic heterocycles. The molecule has 0 saturated carbocycles. The number of methoxy groups -OCH3 is 1. The lowest BCUT2D eigenvalue weighted by molar-refractivity contribution is 0.311. The number of aliphatic hydroxyl groups is 1. The van der Waals surface area contributed by atoms with Crippen molar-refractivity contribution in [3.05, 3.63) is 48.8 Å². The summed E-state index contributed by atoms with van der Waals surface area (Å²) in [6.45, 7) is 0.668. The fraction of sp³-hybridized carbons (Fsp3) is 0.188. The van der Waals surface area contributed by atoms with Crippen LogP contribution in [-0.2, 0) is 0 Å². The summed E-state index contributed by atoms with van der Waals surface area (Å²) in [5.41, 5.74) is 3.95. The molecular formula is C16H17N3O2. The number of rotatable bonds is 5. The van der Waals surface area contributed by atoms with Crippen LogP contribution in [0.5, 0.6) is 5.75 Å². The van der Waals surface area contributed by atoms with Gasteiger partial charge in [-0.05, 0) is 24.3 Å². The molecule has 1 aromatic carbocycles. The molecule has 2 N–H and O–H groups in total. The highest BCUT2D eigenvalue weighted by atomic mass is 16.5. The Bertz CT molecular complexity index is 735. The highest BCUT2D eigenvalue weighted by molar-refractivity contribution is 5.66. The lowest BCUT2D eigenvalue weighted by Gasteiger charge is -2.07. The Morgan fingerprint density at radius 1 is 1.19 bits per heavy atom. The zero-order chi connectivity index (χ0) is 14.7. The third-order valence-corrected chi connectivity index (χ3v) is 3.34. The van der Waals surface area contributed by atoms with Crippen molar-refractivity contribution in [1.29, 1.82) is 0 Å². The SMILES string of the molecule is COc1ccc2ncc(-c3ccc(NCCO)cc3)n2c1. The van der Waals surface area contributed by atoms with E-state index in [9.17, 15) is 0 Å². The molecule has 3 rings (SSSR count). The summed E-state index contributed by atoms with van der Waals surface area (Å²) < 4.78 is 7.27.